The minimum Gasteiger partial charge on any atom is -0.495 e. The number of anilines is 1. The SMILES string of the molecule is COc1ccccc1N1C(=O)[C@H]2[C@@H]3C=C[C@@H](C3)[C@@]2(C)C1=O. The first-order valence-corrected chi connectivity index (χ1v) is 7.28. The Balaban J connectivity index is 1.83. The summed E-state index contributed by atoms with van der Waals surface area (Å²) in [6, 6.07) is 7.20. The topological polar surface area (TPSA) is 46.6 Å². The zero-order valence-corrected chi connectivity index (χ0v) is 12.1. The van der Waals surface area contributed by atoms with E-state index in [9.17, 15) is 9.59 Å². The number of hydrogen-bond donors (Lipinski definition) is 0. The standard InChI is InChI=1S/C17H17NO3/c1-17-11-8-7-10(9-11)14(17)15(19)18(16(17)20)12-5-3-4-6-13(12)21-2/h3-8,10-11,14H,9H2,1-2H3/t10-,11+,14-,17-/m1/s1. The lowest BCUT2D eigenvalue weighted by molar-refractivity contribution is -0.127. The largest absolute Gasteiger partial charge is 0.495 e. The Morgan fingerprint density at radius 3 is 2.71 bits per heavy atom. The Hall–Kier alpha value is -2.10. The minimum absolute atomic E-state index is 0.0798. The fourth-order valence-corrected chi connectivity index (χ4v) is 4.35. The van der Waals surface area contributed by atoms with Crippen LogP contribution in [0.1, 0.15) is 13.3 Å². The van der Waals surface area contributed by atoms with E-state index < -0.39 is 5.41 Å². The summed E-state index contributed by atoms with van der Waals surface area (Å²) in [7, 11) is 1.55. The summed E-state index contributed by atoms with van der Waals surface area (Å²) in [5, 5.41) is 0. The molecule has 1 heterocycles. The number of imide groups is 1. The van der Waals surface area contributed by atoms with E-state index in [1.54, 1.807) is 19.2 Å². The molecule has 0 N–H and O–H groups in total. The van der Waals surface area contributed by atoms with E-state index >= 15 is 0 Å². The van der Waals surface area contributed by atoms with Crippen LogP contribution in [0.25, 0.3) is 0 Å². The van der Waals surface area contributed by atoms with Gasteiger partial charge < -0.3 is 4.74 Å². The number of benzene rings is 1. The molecule has 2 bridgehead atoms. The van der Waals surface area contributed by atoms with Crippen LogP contribution in [0.15, 0.2) is 36.4 Å². The maximum atomic E-state index is 13.0. The lowest BCUT2D eigenvalue weighted by Crippen LogP contribution is -2.37. The molecule has 0 aromatic heterocycles. The molecule has 3 aliphatic rings. The molecule has 1 aromatic rings. The summed E-state index contributed by atoms with van der Waals surface area (Å²) in [5.41, 5.74) is -0.0258. The molecule has 1 aromatic carbocycles. The highest BCUT2D eigenvalue weighted by Gasteiger charge is 2.67. The van der Waals surface area contributed by atoms with Gasteiger partial charge in [-0.2, -0.15) is 0 Å². The van der Waals surface area contributed by atoms with Crippen molar-refractivity contribution in [2.24, 2.45) is 23.2 Å². The summed E-state index contributed by atoms with van der Waals surface area (Å²) in [6.07, 6.45) is 5.14. The number of hydrogen-bond acceptors (Lipinski definition) is 3. The number of nitrogens with zero attached hydrogens (tertiary/aromatic N) is 1. The number of ether oxygens (including phenoxy) is 1. The molecule has 0 radical (unpaired) electrons. The molecular weight excluding hydrogens is 266 g/mol. The Labute approximate surface area is 123 Å². The van der Waals surface area contributed by atoms with Crippen LogP contribution in [0.4, 0.5) is 5.69 Å². The van der Waals surface area contributed by atoms with Crippen molar-refractivity contribution >= 4 is 17.5 Å². The molecule has 2 aliphatic carbocycles. The predicted molar refractivity (Wildman–Crippen MR) is 77.8 cm³/mol. The highest BCUT2D eigenvalue weighted by atomic mass is 16.5. The van der Waals surface area contributed by atoms with Gasteiger partial charge in [-0.15, -0.1) is 0 Å². The van der Waals surface area contributed by atoms with E-state index in [0.29, 0.717) is 11.4 Å². The average Bonchev–Trinajstić information content (AvgIpc) is 3.12. The number of allylic oxidation sites excluding steroid dienone is 2. The number of rotatable bonds is 2. The van der Waals surface area contributed by atoms with Crippen LogP contribution >= 0.6 is 0 Å². The fraction of sp³-hybridized carbons (Fsp3) is 0.412. The molecule has 4 heteroatoms. The van der Waals surface area contributed by atoms with Crippen molar-refractivity contribution < 1.29 is 14.3 Å². The predicted octanol–water partition coefficient (Wildman–Crippen LogP) is 2.40. The monoisotopic (exact) mass is 283 g/mol. The highest BCUT2D eigenvalue weighted by molar-refractivity contribution is 6.25. The van der Waals surface area contributed by atoms with Crippen LogP contribution in [0.3, 0.4) is 0 Å². The van der Waals surface area contributed by atoms with Gasteiger partial charge in [0, 0.05) is 0 Å². The van der Waals surface area contributed by atoms with Gasteiger partial charge in [0.2, 0.25) is 11.8 Å². The van der Waals surface area contributed by atoms with E-state index in [1.807, 2.05) is 19.1 Å². The van der Waals surface area contributed by atoms with Crippen molar-refractivity contribution in [2.45, 2.75) is 13.3 Å². The van der Waals surface area contributed by atoms with Gasteiger partial charge in [0.25, 0.3) is 0 Å². The smallest absolute Gasteiger partial charge is 0.241 e. The maximum Gasteiger partial charge on any atom is 0.241 e. The zero-order valence-electron chi connectivity index (χ0n) is 12.1. The minimum atomic E-state index is -0.586. The zero-order chi connectivity index (χ0) is 14.8. The first-order chi connectivity index (χ1) is 10.1. The quantitative estimate of drug-likeness (QED) is 0.618. The molecule has 21 heavy (non-hydrogen) atoms. The normalized spacial score (nSPS) is 36.5. The molecule has 4 nitrogen and oxygen atoms in total. The van der Waals surface area contributed by atoms with Gasteiger partial charge in [0.15, 0.2) is 0 Å². The highest BCUT2D eigenvalue weighted by Crippen LogP contribution is 2.61. The van der Waals surface area contributed by atoms with Crippen LogP contribution in [0.2, 0.25) is 0 Å². The van der Waals surface area contributed by atoms with Crippen LogP contribution in [0, 0.1) is 23.2 Å². The number of carbonyl (C=O) groups excluding carboxylic acids is 2. The molecule has 108 valence electrons. The van der Waals surface area contributed by atoms with Gasteiger partial charge in [0.1, 0.15) is 5.75 Å². The van der Waals surface area contributed by atoms with Gasteiger partial charge in [0.05, 0.1) is 24.1 Å². The van der Waals surface area contributed by atoms with Gasteiger partial charge in [-0.25, -0.2) is 4.90 Å². The van der Waals surface area contributed by atoms with Crippen molar-refractivity contribution in [2.75, 3.05) is 12.0 Å². The molecule has 0 unspecified atom stereocenters. The van der Waals surface area contributed by atoms with Crippen LogP contribution < -0.4 is 9.64 Å². The molecule has 1 saturated heterocycles. The lowest BCUT2D eigenvalue weighted by Gasteiger charge is -2.28. The van der Waals surface area contributed by atoms with E-state index in [-0.39, 0.29) is 29.6 Å². The van der Waals surface area contributed by atoms with E-state index in [2.05, 4.69) is 12.2 Å². The van der Waals surface area contributed by atoms with Crippen LogP contribution in [-0.2, 0) is 9.59 Å². The first-order valence-electron chi connectivity index (χ1n) is 7.28. The number of methoxy groups -OCH3 is 1. The average molecular weight is 283 g/mol. The summed E-state index contributed by atoms with van der Waals surface area (Å²) in [5.74, 6) is 0.565. The van der Waals surface area contributed by atoms with E-state index in [4.69, 9.17) is 4.74 Å². The second-order valence-corrected chi connectivity index (χ2v) is 6.30. The second-order valence-electron chi connectivity index (χ2n) is 6.30. The number of carbonyl (C=O) groups is 2. The van der Waals surface area contributed by atoms with Gasteiger partial charge >= 0.3 is 0 Å². The Morgan fingerprint density at radius 2 is 2.00 bits per heavy atom. The third-order valence-electron chi connectivity index (χ3n) is 5.44. The van der Waals surface area contributed by atoms with Gasteiger partial charge in [-0.05, 0) is 37.3 Å². The third-order valence-corrected chi connectivity index (χ3v) is 5.44. The van der Waals surface area contributed by atoms with E-state index in [0.717, 1.165) is 6.42 Å². The number of fused-ring (bicyclic) bond motifs is 5. The Morgan fingerprint density at radius 1 is 1.24 bits per heavy atom. The van der Waals surface area contributed by atoms with E-state index in [1.165, 1.54) is 4.90 Å². The van der Waals surface area contributed by atoms with Crippen molar-refractivity contribution in [1.29, 1.82) is 0 Å². The summed E-state index contributed by atoms with van der Waals surface area (Å²) >= 11 is 0. The van der Waals surface area contributed by atoms with Crippen LogP contribution in [-0.4, -0.2) is 18.9 Å². The molecule has 2 fully saturated rings. The second kappa shape index (κ2) is 3.97. The summed E-state index contributed by atoms with van der Waals surface area (Å²) in [6.45, 7) is 1.95. The van der Waals surface area contributed by atoms with Crippen molar-refractivity contribution in [3.63, 3.8) is 0 Å². The summed E-state index contributed by atoms with van der Waals surface area (Å²) < 4.78 is 5.32. The Kier molecular flexibility index (Phi) is 2.39. The molecule has 0 spiro atoms. The summed E-state index contributed by atoms with van der Waals surface area (Å²) in [4.78, 5) is 27.2. The first kappa shape index (κ1) is 12.6. The van der Waals surface area contributed by atoms with Crippen LogP contribution in [0.5, 0.6) is 5.75 Å². The van der Waals surface area contributed by atoms with Crippen molar-refractivity contribution in [3.05, 3.63) is 36.4 Å². The number of para-hydroxylation sites is 2. The number of amides is 2. The van der Waals surface area contributed by atoms with Crippen molar-refractivity contribution in [3.8, 4) is 5.75 Å². The fourth-order valence-electron chi connectivity index (χ4n) is 4.35. The van der Waals surface area contributed by atoms with Gasteiger partial charge in [-0.1, -0.05) is 24.3 Å². The molecular formula is C17H17NO3. The third kappa shape index (κ3) is 1.35. The molecule has 1 aliphatic heterocycles. The van der Waals surface area contributed by atoms with Crippen molar-refractivity contribution in [1.82, 2.24) is 0 Å². The van der Waals surface area contributed by atoms with Gasteiger partial charge in [-0.3, -0.25) is 9.59 Å². The molecule has 4 rings (SSSR count). The molecule has 4 atom stereocenters. The lowest BCUT2D eigenvalue weighted by atomic mass is 9.71. The molecule has 2 amide bonds. The molecule has 1 saturated carbocycles. The maximum absolute atomic E-state index is 13.0. The Bertz CT molecular complexity index is 680.